The van der Waals surface area contributed by atoms with Gasteiger partial charge in [-0.1, -0.05) is 5.92 Å². The highest BCUT2D eigenvalue weighted by Gasteiger charge is 2.47. The number of carbonyl (C=O) groups is 3. The van der Waals surface area contributed by atoms with Gasteiger partial charge < -0.3 is 4.90 Å². The van der Waals surface area contributed by atoms with Crippen LogP contribution in [0.25, 0.3) is 0 Å². The molecule has 1 amide bonds. The lowest BCUT2D eigenvalue weighted by molar-refractivity contribution is -0.140. The molecule has 1 aromatic carbocycles. The zero-order chi connectivity index (χ0) is 22.9. The number of nitrogens with zero attached hydrogens (tertiary/aromatic N) is 5. The van der Waals surface area contributed by atoms with Crippen LogP contribution in [0, 0.1) is 31.1 Å². The summed E-state index contributed by atoms with van der Waals surface area (Å²) in [6.07, 6.45) is 3.48. The number of Topliss-reactive ketones (excluding diaryl/α,β-unsaturated/α-hetero) is 2. The van der Waals surface area contributed by atoms with Gasteiger partial charge in [-0.15, -0.1) is 11.0 Å². The van der Waals surface area contributed by atoms with Crippen LogP contribution in [0.4, 0.5) is 0 Å². The minimum Gasteiger partial charge on any atom is -0.341 e. The van der Waals surface area contributed by atoms with Gasteiger partial charge in [-0.2, -0.15) is 0 Å². The van der Waals surface area contributed by atoms with E-state index in [2.05, 4.69) is 27.4 Å². The van der Waals surface area contributed by atoms with E-state index >= 15 is 0 Å². The van der Waals surface area contributed by atoms with Crippen molar-refractivity contribution in [3.05, 3.63) is 40.7 Å². The van der Waals surface area contributed by atoms with Crippen molar-refractivity contribution in [2.24, 2.45) is 5.41 Å². The van der Waals surface area contributed by atoms with E-state index < -0.39 is 5.92 Å². The summed E-state index contributed by atoms with van der Waals surface area (Å²) in [4.78, 5) is 40.8. The summed E-state index contributed by atoms with van der Waals surface area (Å²) in [6, 6.07) is 3.91. The van der Waals surface area contributed by atoms with Crippen LogP contribution in [0.2, 0.25) is 0 Å². The number of ketones is 2. The molecular weight excluding hydrogens is 406 g/mol. The molecule has 8 heteroatoms. The van der Waals surface area contributed by atoms with Gasteiger partial charge in [0.2, 0.25) is 5.91 Å². The molecule has 2 heterocycles. The average molecular weight is 434 g/mol. The first kappa shape index (κ1) is 21.9. The maximum atomic E-state index is 13.3. The first-order chi connectivity index (χ1) is 15.3. The molecule has 32 heavy (non-hydrogen) atoms. The summed E-state index contributed by atoms with van der Waals surface area (Å²) >= 11 is 0. The van der Waals surface area contributed by atoms with Crippen molar-refractivity contribution >= 4 is 17.5 Å². The maximum Gasteiger partial charge on any atom is 0.244 e. The van der Waals surface area contributed by atoms with Crippen LogP contribution in [0.1, 0.15) is 60.8 Å². The first-order valence-electron chi connectivity index (χ1n) is 10.9. The van der Waals surface area contributed by atoms with Crippen LogP contribution < -0.4 is 0 Å². The van der Waals surface area contributed by atoms with Gasteiger partial charge >= 0.3 is 0 Å². The molecule has 1 aliphatic carbocycles. The Hall–Kier alpha value is -3.34. The van der Waals surface area contributed by atoms with Crippen LogP contribution in [0.15, 0.2) is 18.5 Å². The molecule has 1 saturated carbocycles. The second-order valence-corrected chi connectivity index (χ2v) is 9.01. The minimum atomic E-state index is -0.691. The highest BCUT2D eigenvalue weighted by atomic mass is 16.2. The summed E-state index contributed by atoms with van der Waals surface area (Å²) < 4.78 is 1.40. The molecule has 0 N–H and O–H groups in total. The van der Waals surface area contributed by atoms with E-state index in [1.165, 1.54) is 11.0 Å². The zero-order valence-corrected chi connectivity index (χ0v) is 18.7. The molecule has 4 rings (SSSR count). The minimum absolute atomic E-state index is 0.00441. The van der Waals surface area contributed by atoms with E-state index in [1.54, 1.807) is 11.8 Å². The molecule has 1 aromatic heterocycles. The maximum absolute atomic E-state index is 13.3. The van der Waals surface area contributed by atoms with E-state index in [4.69, 9.17) is 0 Å². The molecular formula is C24H27N5O3. The first-order valence-corrected chi connectivity index (χ1v) is 10.9. The molecule has 2 fully saturated rings. The van der Waals surface area contributed by atoms with E-state index in [-0.39, 0.29) is 29.4 Å². The zero-order valence-electron chi connectivity index (χ0n) is 18.7. The third-order valence-electron chi connectivity index (χ3n) is 6.76. The smallest absolute Gasteiger partial charge is 0.244 e. The van der Waals surface area contributed by atoms with E-state index in [0.29, 0.717) is 38.8 Å². The lowest BCUT2D eigenvalue weighted by Crippen LogP contribution is -2.49. The number of amides is 1. The molecule has 166 valence electrons. The van der Waals surface area contributed by atoms with Gasteiger partial charge in [0.15, 0.2) is 0 Å². The highest BCUT2D eigenvalue weighted by Crippen LogP contribution is 2.46. The molecule has 0 bridgehead atoms. The number of carbonyl (C=O) groups excluding carboxylic acids is 3. The van der Waals surface area contributed by atoms with Crippen molar-refractivity contribution in [2.75, 3.05) is 13.1 Å². The van der Waals surface area contributed by atoms with E-state index in [1.807, 2.05) is 26.0 Å². The Balaban J connectivity index is 1.46. The second-order valence-electron chi connectivity index (χ2n) is 9.01. The number of hydrogen-bond donors (Lipinski definition) is 0. The van der Waals surface area contributed by atoms with Crippen molar-refractivity contribution in [1.29, 1.82) is 0 Å². The van der Waals surface area contributed by atoms with Crippen molar-refractivity contribution < 1.29 is 14.4 Å². The van der Waals surface area contributed by atoms with Gasteiger partial charge in [0.25, 0.3) is 0 Å². The standard InChI is InChI=1S/C24H27N5O3/c1-4-5-18-10-16(2)22(17(3)11-18)23-19(30)12-24(13-20(23)31)6-8-28(9-7-24)21(32)14-29-15-25-26-27-29/h10-11,15,23H,6-9,12-14H2,1-3H3. The molecule has 2 aromatic rings. The van der Waals surface area contributed by atoms with Gasteiger partial charge in [-0.3, -0.25) is 14.4 Å². The predicted molar refractivity (Wildman–Crippen MR) is 117 cm³/mol. The molecule has 2 aliphatic rings. The summed E-state index contributed by atoms with van der Waals surface area (Å²) in [7, 11) is 0. The predicted octanol–water partition coefficient (Wildman–Crippen LogP) is 1.99. The molecule has 1 saturated heterocycles. The lowest BCUT2D eigenvalue weighted by Gasteiger charge is -2.44. The third-order valence-corrected chi connectivity index (χ3v) is 6.76. The fraction of sp³-hybridized carbons (Fsp3) is 0.500. The Morgan fingerprint density at radius 2 is 1.75 bits per heavy atom. The van der Waals surface area contributed by atoms with Gasteiger partial charge in [0, 0.05) is 31.5 Å². The molecule has 8 nitrogen and oxygen atoms in total. The molecule has 0 radical (unpaired) electrons. The number of hydrogen-bond acceptors (Lipinski definition) is 6. The Bertz CT molecular complexity index is 1080. The Morgan fingerprint density at radius 3 is 2.28 bits per heavy atom. The largest absolute Gasteiger partial charge is 0.341 e. The van der Waals surface area contributed by atoms with E-state index in [9.17, 15) is 14.4 Å². The fourth-order valence-electron chi connectivity index (χ4n) is 5.23. The Morgan fingerprint density at radius 1 is 1.12 bits per heavy atom. The molecule has 0 atom stereocenters. The van der Waals surface area contributed by atoms with Crippen molar-refractivity contribution in [2.45, 2.75) is 58.9 Å². The summed E-state index contributed by atoms with van der Waals surface area (Å²) in [5, 5.41) is 10.8. The van der Waals surface area contributed by atoms with Crippen LogP contribution in [-0.2, 0) is 20.9 Å². The SMILES string of the molecule is CC#Cc1cc(C)c(C2C(=O)CC3(CCN(C(=O)Cn4cnnn4)CC3)CC2=O)c(C)c1. The number of likely N-dealkylation sites (tertiary alicyclic amines) is 1. The van der Waals surface area contributed by atoms with Gasteiger partial charge in [0.1, 0.15) is 30.4 Å². The third kappa shape index (κ3) is 4.20. The number of aromatic nitrogens is 4. The number of tetrazole rings is 1. The summed E-state index contributed by atoms with van der Waals surface area (Å²) in [6.45, 7) is 6.85. The quantitative estimate of drug-likeness (QED) is 0.542. The normalized spacial score (nSPS) is 18.5. The Kier molecular flexibility index (Phi) is 5.92. The lowest BCUT2D eigenvalue weighted by atomic mass is 9.62. The molecule has 1 aliphatic heterocycles. The molecule has 1 spiro atoms. The number of benzene rings is 1. The second kappa shape index (κ2) is 8.65. The molecule has 0 unspecified atom stereocenters. The summed E-state index contributed by atoms with van der Waals surface area (Å²) in [5.41, 5.74) is 3.27. The van der Waals surface area contributed by atoms with Crippen molar-refractivity contribution in [3.63, 3.8) is 0 Å². The van der Waals surface area contributed by atoms with Crippen molar-refractivity contribution in [1.82, 2.24) is 25.1 Å². The van der Waals surface area contributed by atoms with Crippen LogP contribution in [0.5, 0.6) is 0 Å². The Labute approximate surface area is 187 Å². The fourth-order valence-corrected chi connectivity index (χ4v) is 5.23. The topological polar surface area (TPSA) is 98.1 Å². The van der Waals surface area contributed by atoms with Gasteiger partial charge in [-0.05, 0) is 78.3 Å². The van der Waals surface area contributed by atoms with Crippen molar-refractivity contribution in [3.8, 4) is 11.8 Å². The van der Waals surface area contributed by atoms with Crippen LogP contribution in [0.3, 0.4) is 0 Å². The van der Waals surface area contributed by atoms with Gasteiger partial charge in [0.05, 0.1) is 0 Å². The number of piperidine rings is 1. The van der Waals surface area contributed by atoms with Gasteiger partial charge in [-0.25, -0.2) is 4.68 Å². The van der Waals surface area contributed by atoms with Crippen LogP contribution in [-0.4, -0.2) is 55.7 Å². The average Bonchev–Trinajstić information content (AvgIpc) is 3.23. The van der Waals surface area contributed by atoms with E-state index in [0.717, 1.165) is 22.3 Å². The monoisotopic (exact) mass is 433 g/mol. The van der Waals surface area contributed by atoms with Crippen LogP contribution >= 0.6 is 0 Å². The number of aryl methyl sites for hydroxylation is 2. The highest BCUT2D eigenvalue weighted by molar-refractivity contribution is 6.10. The number of rotatable bonds is 3. The summed E-state index contributed by atoms with van der Waals surface area (Å²) in [5.74, 6) is 5.19.